The molecule has 180 valence electrons. The Labute approximate surface area is 209 Å². The summed E-state index contributed by atoms with van der Waals surface area (Å²) in [5.41, 5.74) is 2.61. The molecular weight excluding hydrogens is 477 g/mol. The van der Waals surface area contributed by atoms with E-state index in [-0.39, 0.29) is 15.5 Å². The number of allylic oxidation sites excluding steroid dienone is 1. The van der Waals surface area contributed by atoms with Gasteiger partial charge in [0, 0.05) is 17.5 Å². The third-order valence-electron chi connectivity index (χ3n) is 5.95. The van der Waals surface area contributed by atoms with Crippen molar-refractivity contribution < 1.29 is 22.3 Å². The van der Waals surface area contributed by atoms with E-state index in [1.165, 1.54) is 17.2 Å². The Kier molecular flexibility index (Phi) is 5.94. The number of halogens is 1. The van der Waals surface area contributed by atoms with Gasteiger partial charge in [0.2, 0.25) is 15.6 Å². The van der Waals surface area contributed by atoms with Gasteiger partial charge in [0.1, 0.15) is 22.2 Å². The third-order valence-corrected chi connectivity index (χ3v) is 7.74. The van der Waals surface area contributed by atoms with E-state index in [0.717, 1.165) is 17.7 Å². The number of rotatable bonds is 5. The van der Waals surface area contributed by atoms with Gasteiger partial charge in [-0.25, -0.2) is 12.8 Å². The number of ether oxygens (including phenoxy) is 1. The molecule has 0 spiro atoms. The standard InChI is InChI=1S/C29H22FNO4S/c1-19-8-14-25(20(2)16-19)29(32)28-18-31(26-17-21(30)9-15-27(26)36(28,33)34)22-10-12-24(13-11-22)35-23-6-4-3-5-7-23/h3-18H,1-2H3. The van der Waals surface area contributed by atoms with Crippen molar-refractivity contribution in [2.75, 3.05) is 4.90 Å². The number of Topliss-reactive ketones (excluding diaryl/α,β-unsaturated/α-hetero) is 1. The van der Waals surface area contributed by atoms with Crippen molar-refractivity contribution in [2.45, 2.75) is 18.7 Å². The van der Waals surface area contributed by atoms with E-state index >= 15 is 0 Å². The SMILES string of the molecule is Cc1ccc(C(=O)C2=CN(c3ccc(Oc4ccccc4)cc3)c3cc(F)ccc3S2(=O)=O)c(C)c1. The minimum absolute atomic E-state index is 0.129. The predicted molar refractivity (Wildman–Crippen MR) is 137 cm³/mol. The molecule has 0 N–H and O–H groups in total. The van der Waals surface area contributed by atoms with Gasteiger partial charge in [-0.1, -0.05) is 42.0 Å². The summed E-state index contributed by atoms with van der Waals surface area (Å²) >= 11 is 0. The highest BCUT2D eigenvalue weighted by atomic mass is 32.2. The zero-order valence-corrected chi connectivity index (χ0v) is 20.4. The Morgan fingerprint density at radius 3 is 2.22 bits per heavy atom. The summed E-state index contributed by atoms with van der Waals surface area (Å²) in [5, 5.41) is 0. The van der Waals surface area contributed by atoms with E-state index < -0.39 is 21.4 Å². The van der Waals surface area contributed by atoms with E-state index in [1.54, 1.807) is 43.3 Å². The van der Waals surface area contributed by atoms with Gasteiger partial charge in [-0.05, 0) is 74.0 Å². The molecule has 1 aliphatic heterocycles. The molecule has 4 aromatic carbocycles. The summed E-state index contributed by atoms with van der Waals surface area (Å²) in [7, 11) is -4.19. The summed E-state index contributed by atoms with van der Waals surface area (Å²) in [6.07, 6.45) is 1.27. The first-order chi connectivity index (χ1) is 17.2. The average molecular weight is 500 g/mol. The van der Waals surface area contributed by atoms with E-state index in [4.69, 9.17) is 4.74 Å². The Morgan fingerprint density at radius 2 is 1.53 bits per heavy atom. The normalized spacial score (nSPS) is 14.1. The molecule has 0 unspecified atom stereocenters. The van der Waals surface area contributed by atoms with Crippen LogP contribution in [-0.4, -0.2) is 14.2 Å². The summed E-state index contributed by atoms with van der Waals surface area (Å²) in [6, 6.07) is 24.8. The Morgan fingerprint density at radius 1 is 0.833 bits per heavy atom. The number of carbonyl (C=O) groups excluding carboxylic acids is 1. The van der Waals surface area contributed by atoms with Crippen LogP contribution in [0.2, 0.25) is 0 Å². The van der Waals surface area contributed by atoms with Crippen LogP contribution in [-0.2, 0) is 9.84 Å². The maximum Gasteiger partial charge on any atom is 0.214 e. The molecule has 1 heterocycles. The topological polar surface area (TPSA) is 63.7 Å². The molecule has 0 saturated heterocycles. The lowest BCUT2D eigenvalue weighted by molar-refractivity contribution is 0.104. The van der Waals surface area contributed by atoms with E-state index in [0.29, 0.717) is 28.3 Å². The number of hydrogen-bond donors (Lipinski definition) is 0. The fraction of sp³-hybridized carbons (Fsp3) is 0.0690. The average Bonchev–Trinajstić information content (AvgIpc) is 2.85. The molecule has 0 aliphatic carbocycles. The second-order valence-corrected chi connectivity index (χ2v) is 10.4. The van der Waals surface area contributed by atoms with Crippen LogP contribution in [0.5, 0.6) is 11.5 Å². The van der Waals surface area contributed by atoms with Crippen molar-refractivity contribution >= 4 is 27.0 Å². The number of fused-ring (bicyclic) bond motifs is 1. The number of sulfone groups is 1. The van der Waals surface area contributed by atoms with Crippen LogP contribution in [0.25, 0.3) is 0 Å². The minimum Gasteiger partial charge on any atom is -0.457 e. The highest BCUT2D eigenvalue weighted by Crippen LogP contribution is 2.41. The van der Waals surface area contributed by atoms with Gasteiger partial charge in [0.15, 0.2) is 0 Å². The van der Waals surface area contributed by atoms with Gasteiger partial charge in [-0.2, -0.15) is 0 Å². The number of aryl methyl sites for hydroxylation is 2. The van der Waals surface area contributed by atoms with E-state index in [2.05, 4.69) is 0 Å². The first-order valence-corrected chi connectivity index (χ1v) is 12.7. The summed E-state index contributed by atoms with van der Waals surface area (Å²) in [6.45, 7) is 3.67. The molecule has 4 aromatic rings. The van der Waals surface area contributed by atoms with Gasteiger partial charge in [0.25, 0.3) is 0 Å². The zero-order valence-electron chi connectivity index (χ0n) is 19.6. The lowest BCUT2D eigenvalue weighted by Crippen LogP contribution is -2.26. The lowest BCUT2D eigenvalue weighted by atomic mass is 10.0. The van der Waals surface area contributed by atoms with Crippen molar-refractivity contribution in [3.8, 4) is 11.5 Å². The first-order valence-electron chi connectivity index (χ1n) is 11.2. The Hall–Kier alpha value is -4.23. The molecule has 0 bridgehead atoms. The highest BCUT2D eigenvalue weighted by molar-refractivity contribution is 7.96. The van der Waals surface area contributed by atoms with Crippen LogP contribution < -0.4 is 9.64 Å². The van der Waals surface area contributed by atoms with E-state index in [9.17, 15) is 17.6 Å². The second-order valence-electron chi connectivity index (χ2n) is 8.54. The fourth-order valence-corrected chi connectivity index (χ4v) is 5.69. The molecule has 0 aromatic heterocycles. The third kappa shape index (κ3) is 4.29. The van der Waals surface area contributed by atoms with Crippen LogP contribution >= 0.6 is 0 Å². The number of nitrogens with zero attached hydrogens (tertiary/aromatic N) is 1. The molecule has 7 heteroatoms. The van der Waals surface area contributed by atoms with Crippen LogP contribution in [0, 0.1) is 19.7 Å². The largest absolute Gasteiger partial charge is 0.457 e. The molecule has 5 rings (SSSR count). The summed E-state index contributed by atoms with van der Waals surface area (Å²) in [5.74, 6) is 0.0413. The molecule has 0 amide bonds. The lowest BCUT2D eigenvalue weighted by Gasteiger charge is -2.29. The zero-order chi connectivity index (χ0) is 25.4. The molecule has 1 aliphatic rings. The Balaban J connectivity index is 1.59. The number of anilines is 2. The van der Waals surface area contributed by atoms with Gasteiger partial charge < -0.3 is 9.64 Å². The van der Waals surface area contributed by atoms with Crippen LogP contribution in [0.1, 0.15) is 21.5 Å². The van der Waals surface area contributed by atoms with Crippen LogP contribution in [0.3, 0.4) is 0 Å². The number of benzene rings is 4. The minimum atomic E-state index is -4.19. The predicted octanol–water partition coefficient (Wildman–Crippen LogP) is 6.88. The van der Waals surface area contributed by atoms with Crippen molar-refractivity contribution in [3.05, 3.63) is 125 Å². The number of carbonyl (C=O) groups is 1. The molecule has 0 fully saturated rings. The molecule has 36 heavy (non-hydrogen) atoms. The fourth-order valence-electron chi connectivity index (χ4n) is 4.18. The monoisotopic (exact) mass is 499 g/mol. The van der Waals surface area contributed by atoms with Crippen LogP contribution in [0.4, 0.5) is 15.8 Å². The van der Waals surface area contributed by atoms with Gasteiger partial charge in [-0.3, -0.25) is 4.79 Å². The number of ketones is 1. The first kappa shape index (κ1) is 23.5. The smallest absolute Gasteiger partial charge is 0.214 e. The Bertz CT molecular complexity index is 1610. The van der Waals surface area contributed by atoms with Crippen molar-refractivity contribution in [2.24, 2.45) is 0 Å². The highest BCUT2D eigenvalue weighted by Gasteiger charge is 2.36. The van der Waals surface area contributed by atoms with Crippen molar-refractivity contribution in [1.29, 1.82) is 0 Å². The second kappa shape index (κ2) is 9.09. The maximum absolute atomic E-state index is 14.2. The van der Waals surface area contributed by atoms with E-state index in [1.807, 2.05) is 43.3 Å². The molecule has 0 saturated carbocycles. The van der Waals surface area contributed by atoms with Crippen LogP contribution in [0.15, 0.2) is 107 Å². The van der Waals surface area contributed by atoms with Gasteiger partial charge in [0.05, 0.1) is 10.6 Å². The quantitative estimate of drug-likeness (QED) is 0.221. The molecule has 5 nitrogen and oxygen atoms in total. The summed E-state index contributed by atoms with van der Waals surface area (Å²) < 4.78 is 47.0. The molecule has 0 radical (unpaired) electrons. The number of para-hydroxylation sites is 1. The summed E-state index contributed by atoms with van der Waals surface area (Å²) in [4.78, 5) is 14.5. The van der Waals surface area contributed by atoms with Gasteiger partial charge >= 0.3 is 0 Å². The number of hydrogen-bond acceptors (Lipinski definition) is 5. The molecule has 0 atom stereocenters. The van der Waals surface area contributed by atoms with Gasteiger partial charge in [-0.15, -0.1) is 0 Å². The maximum atomic E-state index is 14.2. The van der Waals surface area contributed by atoms with Crippen molar-refractivity contribution in [1.82, 2.24) is 0 Å². The molecular formula is C29H22FNO4S. The van der Waals surface area contributed by atoms with Crippen molar-refractivity contribution in [3.63, 3.8) is 0 Å².